The molecule has 4 nitrogen and oxygen atoms in total. The van der Waals surface area contributed by atoms with Crippen LogP contribution in [0.25, 0.3) is 22.4 Å². The lowest BCUT2D eigenvalue weighted by atomic mass is 10.1. The Labute approximate surface area is 118 Å². The van der Waals surface area contributed by atoms with Gasteiger partial charge in [-0.15, -0.1) is 0 Å². The molecular formula is C16H18N4. The summed E-state index contributed by atoms with van der Waals surface area (Å²) >= 11 is 0. The molecule has 0 spiro atoms. The molecule has 0 aliphatic carbocycles. The van der Waals surface area contributed by atoms with E-state index in [4.69, 9.17) is 10.7 Å². The van der Waals surface area contributed by atoms with Crippen LogP contribution in [0.1, 0.15) is 18.9 Å². The second-order valence-corrected chi connectivity index (χ2v) is 5.03. The normalized spacial score (nSPS) is 11.1. The molecule has 2 heterocycles. The van der Waals surface area contributed by atoms with Crippen LogP contribution in [-0.2, 0) is 6.54 Å². The van der Waals surface area contributed by atoms with Crippen LogP contribution in [0.5, 0.6) is 0 Å². The molecule has 0 unspecified atom stereocenters. The number of aromatic nitrogens is 3. The smallest absolute Gasteiger partial charge is 0.141 e. The molecule has 3 rings (SSSR count). The van der Waals surface area contributed by atoms with Crippen LogP contribution in [-0.4, -0.2) is 14.5 Å². The van der Waals surface area contributed by atoms with Gasteiger partial charge in [0.2, 0.25) is 0 Å². The largest absolute Gasteiger partial charge is 0.399 e. The van der Waals surface area contributed by atoms with Crippen molar-refractivity contribution in [3.63, 3.8) is 0 Å². The predicted molar refractivity (Wildman–Crippen MR) is 82.4 cm³/mol. The third-order valence-electron chi connectivity index (χ3n) is 3.49. The second-order valence-electron chi connectivity index (χ2n) is 5.03. The van der Waals surface area contributed by atoms with Gasteiger partial charge < -0.3 is 10.3 Å². The summed E-state index contributed by atoms with van der Waals surface area (Å²) in [5.74, 6) is 0.993. The second kappa shape index (κ2) is 4.96. The highest BCUT2D eigenvalue weighted by atomic mass is 15.1. The van der Waals surface area contributed by atoms with Gasteiger partial charge in [-0.3, -0.25) is 4.98 Å². The van der Waals surface area contributed by atoms with Crippen LogP contribution in [0.15, 0.2) is 36.7 Å². The molecule has 0 aliphatic rings. The lowest BCUT2D eigenvalue weighted by Crippen LogP contribution is -2.01. The molecule has 0 bridgehead atoms. The number of imidazole rings is 1. The third-order valence-corrected chi connectivity index (χ3v) is 3.49. The number of rotatable bonds is 3. The Kier molecular flexibility index (Phi) is 3.14. The molecule has 0 fully saturated rings. The van der Waals surface area contributed by atoms with Gasteiger partial charge in [0.15, 0.2) is 0 Å². The molecule has 0 saturated heterocycles. The van der Waals surface area contributed by atoms with E-state index in [0.717, 1.165) is 46.6 Å². The molecule has 0 aliphatic heterocycles. The van der Waals surface area contributed by atoms with Crippen LogP contribution in [0.2, 0.25) is 0 Å². The Bertz CT molecular complexity index is 758. The Balaban J connectivity index is 2.26. The van der Waals surface area contributed by atoms with E-state index in [1.165, 1.54) is 0 Å². The van der Waals surface area contributed by atoms with Crippen LogP contribution in [0, 0.1) is 6.92 Å². The maximum Gasteiger partial charge on any atom is 0.141 e. The molecule has 2 N–H and O–H groups in total. The topological polar surface area (TPSA) is 56.7 Å². The number of pyridine rings is 1. The molecule has 20 heavy (non-hydrogen) atoms. The first kappa shape index (κ1) is 12.7. The van der Waals surface area contributed by atoms with E-state index in [9.17, 15) is 0 Å². The zero-order valence-electron chi connectivity index (χ0n) is 11.8. The van der Waals surface area contributed by atoms with E-state index in [1.807, 2.05) is 36.7 Å². The standard InChI is InChI=1S/C16H18N4/c1-3-8-20-15-6-7-18-10-14(15)19-16(20)13-5-4-12(17)9-11(13)2/h4-7,9-10H,3,8,17H2,1-2H3. The number of fused-ring (bicyclic) bond motifs is 1. The van der Waals surface area contributed by atoms with E-state index in [2.05, 4.69) is 23.4 Å². The van der Waals surface area contributed by atoms with Gasteiger partial charge >= 0.3 is 0 Å². The first-order chi connectivity index (χ1) is 9.70. The number of nitrogen functional groups attached to an aromatic ring is 1. The van der Waals surface area contributed by atoms with Crippen molar-refractivity contribution >= 4 is 16.7 Å². The Morgan fingerprint density at radius 2 is 2.10 bits per heavy atom. The summed E-state index contributed by atoms with van der Waals surface area (Å²) in [5, 5.41) is 0. The highest BCUT2D eigenvalue weighted by Crippen LogP contribution is 2.28. The first-order valence-corrected chi connectivity index (χ1v) is 6.87. The van der Waals surface area contributed by atoms with Gasteiger partial charge in [-0.05, 0) is 43.2 Å². The van der Waals surface area contributed by atoms with Crippen LogP contribution in [0.3, 0.4) is 0 Å². The van der Waals surface area contributed by atoms with E-state index in [0.29, 0.717) is 0 Å². The highest BCUT2D eigenvalue weighted by molar-refractivity contribution is 5.80. The van der Waals surface area contributed by atoms with Crippen molar-refractivity contribution in [3.05, 3.63) is 42.2 Å². The van der Waals surface area contributed by atoms with Gasteiger partial charge in [-0.25, -0.2) is 4.98 Å². The molecular weight excluding hydrogens is 248 g/mol. The molecule has 2 aromatic heterocycles. The predicted octanol–water partition coefficient (Wildman–Crippen LogP) is 3.40. The van der Waals surface area contributed by atoms with Crippen LogP contribution >= 0.6 is 0 Å². The number of hydrogen-bond donors (Lipinski definition) is 1. The first-order valence-electron chi connectivity index (χ1n) is 6.87. The summed E-state index contributed by atoms with van der Waals surface area (Å²) in [7, 11) is 0. The summed E-state index contributed by atoms with van der Waals surface area (Å²) in [4.78, 5) is 8.91. The third kappa shape index (κ3) is 2.03. The van der Waals surface area contributed by atoms with Crippen molar-refractivity contribution in [1.82, 2.24) is 14.5 Å². The van der Waals surface area contributed by atoms with Gasteiger partial charge in [0, 0.05) is 24.0 Å². The molecule has 0 atom stereocenters. The summed E-state index contributed by atoms with van der Waals surface area (Å²) in [6, 6.07) is 7.99. The van der Waals surface area contributed by atoms with Crippen molar-refractivity contribution in [1.29, 1.82) is 0 Å². The van der Waals surface area contributed by atoms with Crippen molar-refractivity contribution in [2.45, 2.75) is 26.8 Å². The number of aryl methyl sites for hydroxylation is 2. The lowest BCUT2D eigenvalue weighted by Gasteiger charge is -2.10. The van der Waals surface area contributed by atoms with Crippen molar-refractivity contribution in [3.8, 4) is 11.4 Å². The SMILES string of the molecule is CCCn1c(-c2ccc(N)cc2C)nc2cnccc21. The minimum absolute atomic E-state index is 0.783. The molecule has 102 valence electrons. The molecule has 0 saturated carbocycles. The van der Waals surface area contributed by atoms with Crippen molar-refractivity contribution in [2.24, 2.45) is 0 Å². The van der Waals surface area contributed by atoms with Crippen molar-refractivity contribution < 1.29 is 0 Å². The highest BCUT2D eigenvalue weighted by Gasteiger charge is 2.13. The average Bonchev–Trinajstić information content (AvgIpc) is 2.78. The summed E-state index contributed by atoms with van der Waals surface area (Å²) in [6.07, 6.45) is 4.70. The zero-order valence-corrected chi connectivity index (χ0v) is 11.8. The number of anilines is 1. The summed E-state index contributed by atoms with van der Waals surface area (Å²) in [5.41, 5.74) is 11.0. The van der Waals surface area contributed by atoms with E-state index in [-0.39, 0.29) is 0 Å². The number of nitrogens with zero attached hydrogens (tertiary/aromatic N) is 3. The summed E-state index contributed by atoms with van der Waals surface area (Å²) in [6.45, 7) is 5.19. The molecule has 1 aromatic carbocycles. The molecule has 0 radical (unpaired) electrons. The minimum atomic E-state index is 0.783. The maximum absolute atomic E-state index is 5.84. The Morgan fingerprint density at radius 3 is 2.85 bits per heavy atom. The number of benzene rings is 1. The molecule has 4 heteroatoms. The van der Waals surface area contributed by atoms with Gasteiger partial charge in [-0.1, -0.05) is 6.92 Å². The minimum Gasteiger partial charge on any atom is -0.399 e. The van der Waals surface area contributed by atoms with Crippen LogP contribution < -0.4 is 5.73 Å². The Morgan fingerprint density at radius 1 is 1.25 bits per heavy atom. The molecule has 3 aromatic rings. The maximum atomic E-state index is 5.84. The fraction of sp³-hybridized carbons (Fsp3) is 0.250. The van der Waals surface area contributed by atoms with Gasteiger partial charge in [0.1, 0.15) is 11.3 Å². The molecule has 0 amide bonds. The van der Waals surface area contributed by atoms with Gasteiger partial charge in [-0.2, -0.15) is 0 Å². The van der Waals surface area contributed by atoms with E-state index >= 15 is 0 Å². The average molecular weight is 266 g/mol. The number of nitrogens with two attached hydrogens (primary N) is 1. The fourth-order valence-electron chi connectivity index (χ4n) is 2.58. The van der Waals surface area contributed by atoms with E-state index < -0.39 is 0 Å². The number of hydrogen-bond acceptors (Lipinski definition) is 3. The Hall–Kier alpha value is -2.36. The van der Waals surface area contributed by atoms with Gasteiger partial charge in [0.05, 0.1) is 11.7 Å². The fourth-order valence-corrected chi connectivity index (χ4v) is 2.58. The van der Waals surface area contributed by atoms with E-state index in [1.54, 1.807) is 0 Å². The van der Waals surface area contributed by atoms with Crippen molar-refractivity contribution in [2.75, 3.05) is 5.73 Å². The zero-order chi connectivity index (χ0) is 14.1. The quantitative estimate of drug-likeness (QED) is 0.739. The van der Waals surface area contributed by atoms with Gasteiger partial charge in [0.25, 0.3) is 0 Å². The summed E-state index contributed by atoms with van der Waals surface area (Å²) < 4.78 is 2.26. The van der Waals surface area contributed by atoms with Crippen LogP contribution in [0.4, 0.5) is 5.69 Å². The lowest BCUT2D eigenvalue weighted by molar-refractivity contribution is 0.704. The monoisotopic (exact) mass is 266 g/mol.